The SMILES string of the molecule is CON(C)C(=O)c1ccc(Cn2nnc3ccccc32)cc1. The van der Waals surface area contributed by atoms with Crippen LogP contribution in [0.25, 0.3) is 11.0 Å². The molecule has 0 bridgehead atoms. The zero-order valence-corrected chi connectivity index (χ0v) is 12.4. The van der Waals surface area contributed by atoms with Gasteiger partial charge in [-0.15, -0.1) is 5.10 Å². The van der Waals surface area contributed by atoms with Gasteiger partial charge in [-0.05, 0) is 29.8 Å². The van der Waals surface area contributed by atoms with Gasteiger partial charge in [-0.3, -0.25) is 9.63 Å². The van der Waals surface area contributed by atoms with Gasteiger partial charge in [0.15, 0.2) is 0 Å². The van der Waals surface area contributed by atoms with Crippen LogP contribution in [-0.4, -0.2) is 40.1 Å². The predicted octanol–water partition coefficient (Wildman–Crippen LogP) is 2.11. The number of aromatic nitrogens is 3. The first-order chi connectivity index (χ1) is 10.7. The number of hydroxylamine groups is 2. The number of nitrogens with zero attached hydrogens (tertiary/aromatic N) is 4. The van der Waals surface area contributed by atoms with Crippen LogP contribution in [-0.2, 0) is 11.4 Å². The van der Waals surface area contributed by atoms with Crippen molar-refractivity contribution >= 4 is 16.9 Å². The molecule has 2 aromatic carbocycles. The lowest BCUT2D eigenvalue weighted by Crippen LogP contribution is -2.25. The number of benzene rings is 2. The predicted molar refractivity (Wildman–Crippen MR) is 82.2 cm³/mol. The Labute approximate surface area is 127 Å². The Morgan fingerprint density at radius 3 is 2.64 bits per heavy atom. The second kappa shape index (κ2) is 5.95. The number of rotatable bonds is 4. The molecule has 1 amide bonds. The minimum Gasteiger partial charge on any atom is -0.274 e. The zero-order chi connectivity index (χ0) is 15.5. The largest absolute Gasteiger partial charge is 0.277 e. The third-order valence-corrected chi connectivity index (χ3v) is 3.51. The van der Waals surface area contributed by atoms with E-state index in [-0.39, 0.29) is 5.91 Å². The molecule has 0 aliphatic carbocycles. The lowest BCUT2D eigenvalue weighted by molar-refractivity contribution is -0.0756. The molecule has 3 aromatic rings. The van der Waals surface area contributed by atoms with Crippen molar-refractivity contribution in [2.75, 3.05) is 14.2 Å². The summed E-state index contributed by atoms with van der Waals surface area (Å²) in [6, 6.07) is 15.2. The number of fused-ring (bicyclic) bond motifs is 1. The smallest absolute Gasteiger partial charge is 0.274 e. The van der Waals surface area contributed by atoms with E-state index >= 15 is 0 Å². The van der Waals surface area contributed by atoms with Gasteiger partial charge in [-0.25, -0.2) is 9.75 Å². The summed E-state index contributed by atoms with van der Waals surface area (Å²) in [7, 11) is 3.04. The van der Waals surface area contributed by atoms with Crippen LogP contribution in [0.2, 0.25) is 0 Å². The molecule has 0 fully saturated rings. The molecule has 6 heteroatoms. The minimum absolute atomic E-state index is 0.180. The summed E-state index contributed by atoms with van der Waals surface area (Å²) in [6.45, 7) is 0.606. The molecule has 0 aliphatic rings. The van der Waals surface area contributed by atoms with Gasteiger partial charge in [-0.2, -0.15) is 0 Å². The van der Waals surface area contributed by atoms with Crippen LogP contribution in [0.3, 0.4) is 0 Å². The number of carbonyl (C=O) groups excluding carboxylic acids is 1. The van der Waals surface area contributed by atoms with E-state index in [0.717, 1.165) is 16.6 Å². The van der Waals surface area contributed by atoms with E-state index in [4.69, 9.17) is 4.84 Å². The molecule has 0 unspecified atom stereocenters. The van der Waals surface area contributed by atoms with E-state index in [1.165, 1.54) is 12.2 Å². The van der Waals surface area contributed by atoms with E-state index in [9.17, 15) is 4.79 Å². The fourth-order valence-electron chi connectivity index (χ4n) is 2.22. The average molecular weight is 296 g/mol. The molecule has 0 atom stereocenters. The van der Waals surface area contributed by atoms with Crippen LogP contribution in [0, 0.1) is 0 Å². The van der Waals surface area contributed by atoms with Crippen molar-refractivity contribution in [1.82, 2.24) is 20.1 Å². The highest BCUT2D eigenvalue weighted by Crippen LogP contribution is 2.13. The van der Waals surface area contributed by atoms with Crippen LogP contribution in [0.4, 0.5) is 0 Å². The van der Waals surface area contributed by atoms with Gasteiger partial charge < -0.3 is 0 Å². The van der Waals surface area contributed by atoms with Crippen molar-refractivity contribution in [2.24, 2.45) is 0 Å². The summed E-state index contributed by atoms with van der Waals surface area (Å²) in [5.74, 6) is -0.180. The van der Waals surface area contributed by atoms with Crippen molar-refractivity contribution in [2.45, 2.75) is 6.54 Å². The summed E-state index contributed by atoms with van der Waals surface area (Å²) >= 11 is 0. The molecule has 6 nitrogen and oxygen atoms in total. The molecule has 1 heterocycles. The zero-order valence-electron chi connectivity index (χ0n) is 12.4. The Hall–Kier alpha value is -2.73. The molecule has 0 aliphatic heterocycles. The second-order valence-corrected chi connectivity index (χ2v) is 4.92. The van der Waals surface area contributed by atoms with Crippen LogP contribution < -0.4 is 0 Å². The summed E-state index contributed by atoms with van der Waals surface area (Å²) in [4.78, 5) is 16.8. The maximum Gasteiger partial charge on any atom is 0.277 e. The highest BCUT2D eigenvalue weighted by molar-refractivity contribution is 5.93. The van der Waals surface area contributed by atoms with Crippen molar-refractivity contribution in [3.05, 3.63) is 59.7 Å². The van der Waals surface area contributed by atoms with E-state index in [1.807, 2.05) is 41.1 Å². The first-order valence-electron chi connectivity index (χ1n) is 6.88. The Kier molecular flexibility index (Phi) is 3.84. The van der Waals surface area contributed by atoms with Crippen LogP contribution in [0.1, 0.15) is 15.9 Å². The van der Waals surface area contributed by atoms with E-state index in [2.05, 4.69) is 10.3 Å². The summed E-state index contributed by atoms with van der Waals surface area (Å²) in [5, 5.41) is 9.49. The maximum absolute atomic E-state index is 12.0. The molecule has 3 rings (SSSR count). The average Bonchev–Trinajstić information content (AvgIpc) is 2.97. The Morgan fingerprint density at radius 2 is 1.91 bits per heavy atom. The second-order valence-electron chi connectivity index (χ2n) is 4.92. The van der Waals surface area contributed by atoms with E-state index in [1.54, 1.807) is 19.2 Å². The first-order valence-corrected chi connectivity index (χ1v) is 6.88. The van der Waals surface area contributed by atoms with Gasteiger partial charge in [-0.1, -0.05) is 29.5 Å². The Bertz CT molecular complexity index is 795. The lowest BCUT2D eigenvalue weighted by Gasteiger charge is -2.13. The molecule has 0 spiro atoms. The van der Waals surface area contributed by atoms with Crippen molar-refractivity contribution in [1.29, 1.82) is 0 Å². The molecular formula is C16H16N4O2. The van der Waals surface area contributed by atoms with E-state index in [0.29, 0.717) is 12.1 Å². The summed E-state index contributed by atoms with van der Waals surface area (Å²) in [6.07, 6.45) is 0. The topological polar surface area (TPSA) is 60.2 Å². The molecule has 0 N–H and O–H groups in total. The number of amides is 1. The fraction of sp³-hybridized carbons (Fsp3) is 0.188. The highest BCUT2D eigenvalue weighted by atomic mass is 16.7. The number of carbonyl (C=O) groups is 1. The van der Waals surface area contributed by atoms with Crippen LogP contribution in [0.15, 0.2) is 48.5 Å². The van der Waals surface area contributed by atoms with Crippen LogP contribution in [0.5, 0.6) is 0 Å². The van der Waals surface area contributed by atoms with Gasteiger partial charge in [0.2, 0.25) is 0 Å². The maximum atomic E-state index is 12.0. The Balaban J connectivity index is 1.80. The fourth-order valence-corrected chi connectivity index (χ4v) is 2.22. The van der Waals surface area contributed by atoms with Gasteiger partial charge >= 0.3 is 0 Å². The van der Waals surface area contributed by atoms with Gasteiger partial charge in [0.1, 0.15) is 5.52 Å². The molecule has 0 saturated carbocycles. The molecule has 22 heavy (non-hydrogen) atoms. The molecular weight excluding hydrogens is 280 g/mol. The molecule has 1 aromatic heterocycles. The van der Waals surface area contributed by atoms with Crippen molar-refractivity contribution in [3.63, 3.8) is 0 Å². The number of hydrogen-bond acceptors (Lipinski definition) is 4. The number of para-hydroxylation sites is 1. The Morgan fingerprint density at radius 1 is 1.18 bits per heavy atom. The third kappa shape index (κ3) is 2.68. The lowest BCUT2D eigenvalue weighted by atomic mass is 10.1. The normalized spacial score (nSPS) is 10.8. The first kappa shape index (κ1) is 14.2. The summed E-state index contributed by atoms with van der Waals surface area (Å²) in [5.41, 5.74) is 3.49. The van der Waals surface area contributed by atoms with E-state index < -0.39 is 0 Å². The third-order valence-electron chi connectivity index (χ3n) is 3.51. The minimum atomic E-state index is -0.180. The number of hydrogen-bond donors (Lipinski definition) is 0. The van der Waals surface area contributed by atoms with Gasteiger partial charge in [0.25, 0.3) is 5.91 Å². The monoisotopic (exact) mass is 296 g/mol. The van der Waals surface area contributed by atoms with Gasteiger partial charge in [0, 0.05) is 12.6 Å². The van der Waals surface area contributed by atoms with Crippen molar-refractivity contribution < 1.29 is 9.63 Å². The highest BCUT2D eigenvalue weighted by Gasteiger charge is 2.11. The van der Waals surface area contributed by atoms with Gasteiger partial charge in [0.05, 0.1) is 19.2 Å². The summed E-state index contributed by atoms with van der Waals surface area (Å²) < 4.78 is 1.84. The quantitative estimate of drug-likeness (QED) is 0.692. The molecule has 112 valence electrons. The standard InChI is InChI=1S/C16H16N4O2/c1-19(22-2)16(21)13-9-7-12(8-10-13)11-20-15-6-4-3-5-14(15)17-18-20/h3-10H,11H2,1-2H3. The molecule has 0 saturated heterocycles. The van der Waals surface area contributed by atoms with Crippen LogP contribution >= 0.6 is 0 Å². The molecule has 0 radical (unpaired) electrons. The van der Waals surface area contributed by atoms with Crippen molar-refractivity contribution in [3.8, 4) is 0 Å².